The molecule has 0 aliphatic carbocycles. The Balaban J connectivity index is 1.83. The van der Waals surface area contributed by atoms with E-state index in [1.807, 2.05) is 12.1 Å². The van der Waals surface area contributed by atoms with E-state index in [-0.39, 0.29) is 16.6 Å². The van der Waals surface area contributed by atoms with Gasteiger partial charge >= 0.3 is 5.97 Å². The Morgan fingerprint density at radius 1 is 0.966 bits per heavy atom. The highest BCUT2D eigenvalue weighted by Crippen LogP contribution is 2.28. The van der Waals surface area contributed by atoms with E-state index in [9.17, 15) is 14.7 Å². The van der Waals surface area contributed by atoms with Gasteiger partial charge in [-0.05, 0) is 37.5 Å². The van der Waals surface area contributed by atoms with Gasteiger partial charge in [0, 0.05) is 11.1 Å². The quantitative estimate of drug-likeness (QED) is 0.430. The molecule has 0 radical (unpaired) electrons. The molecule has 0 saturated heterocycles. The Labute approximate surface area is 171 Å². The number of para-hydroxylation sites is 1. The highest BCUT2D eigenvalue weighted by molar-refractivity contribution is 6.01. The standard InChI is InChI=1S/C25H28O4/c1-3-4-5-6-7-8-10-18-13-15-19(16-14-18)23-17(2)22(26)20-11-9-12-21(25(27)28)24(20)29-23/h9,11-16H,3-8,10H2,1-2H3,(H,27,28). The maximum atomic E-state index is 12.8. The molecule has 2 aromatic carbocycles. The minimum atomic E-state index is -1.11. The second kappa shape index (κ2) is 9.55. The molecule has 4 heteroatoms. The van der Waals surface area contributed by atoms with Gasteiger partial charge in [0.15, 0.2) is 11.0 Å². The number of benzene rings is 2. The molecule has 1 heterocycles. The van der Waals surface area contributed by atoms with Crippen molar-refractivity contribution in [1.82, 2.24) is 0 Å². The first-order valence-electron chi connectivity index (χ1n) is 10.4. The van der Waals surface area contributed by atoms with Crippen LogP contribution in [-0.4, -0.2) is 11.1 Å². The van der Waals surface area contributed by atoms with Gasteiger partial charge in [-0.25, -0.2) is 4.79 Å². The number of fused-ring (bicyclic) bond motifs is 1. The fourth-order valence-corrected chi connectivity index (χ4v) is 3.69. The topological polar surface area (TPSA) is 67.5 Å². The third kappa shape index (κ3) is 4.76. The lowest BCUT2D eigenvalue weighted by molar-refractivity contribution is 0.0698. The van der Waals surface area contributed by atoms with E-state index in [1.54, 1.807) is 19.1 Å². The zero-order valence-electron chi connectivity index (χ0n) is 17.2. The number of hydrogen-bond acceptors (Lipinski definition) is 3. The van der Waals surface area contributed by atoms with Crippen molar-refractivity contribution in [1.29, 1.82) is 0 Å². The van der Waals surface area contributed by atoms with Gasteiger partial charge < -0.3 is 9.52 Å². The van der Waals surface area contributed by atoms with Crippen LogP contribution >= 0.6 is 0 Å². The highest BCUT2D eigenvalue weighted by atomic mass is 16.4. The number of carboxylic acid groups (broad SMARTS) is 1. The lowest BCUT2D eigenvalue weighted by Crippen LogP contribution is -2.09. The maximum absolute atomic E-state index is 12.8. The third-order valence-corrected chi connectivity index (χ3v) is 5.41. The number of carbonyl (C=O) groups is 1. The molecule has 0 fully saturated rings. The summed E-state index contributed by atoms with van der Waals surface area (Å²) in [6, 6.07) is 12.7. The van der Waals surface area contributed by atoms with Crippen molar-refractivity contribution >= 4 is 16.9 Å². The summed E-state index contributed by atoms with van der Waals surface area (Å²) in [5.41, 5.74) is 2.47. The number of rotatable bonds is 9. The predicted octanol–water partition coefficient (Wildman–Crippen LogP) is 6.37. The van der Waals surface area contributed by atoms with Crippen molar-refractivity contribution in [3.8, 4) is 11.3 Å². The van der Waals surface area contributed by atoms with Gasteiger partial charge in [0.2, 0.25) is 0 Å². The Morgan fingerprint density at radius 3 is 2.34 bits per heavy atom. The molecule has 0 spiro atoms. The maximum Gasteiger partial charge on any atom is 0.339 e. The molecule has 1 N–H and O–H groups in total. The van der Waals surface area contributed by atoms with Crippen LogP contribution in [0.3, 0.4) is 0 Å². The van der Waals surface area contributed by atoms with Crippen LogP contribution in [0.15, 0.2) is 51.7 Å². The first-order valence-corrected chi connectivity index (χ1v) is 10.4. The summed E-state index contributed by atoms with van der Waals surface area (Å²) in [6.45, 7) is 3.95. The van der Waals surface area contributed by atoms with E-state index < -0.39 is 5.97 Å². The largest absolute Gasteiger partial charge is 0.478 e. The molecule has 4 nitrogen and oxygen atoms in total. The third-order valence-electron chi connectivity index (χ3n) is 5.41. The Bertz CT molecular complexity index is 1040. The van der Waals surface area contributed by atoms with Crippen molar-refractivity contribution in [3.63, 3.8) is 0 Å². The van der Waals surface area contributed by atoms with E-state index in [0.29, 0.717) is 16.7 Å². The fourth-order valence-electron chi connectivity index (χ4n) is 3.69. The average Bonchev–Trinajstić information content (AvgIpc) is 2.73. The second-order valence-electron chi connectivity index (χ2n) is 7.59. The molecule has 0 saturated carbocycles. The highest BCUT2D eigenvalue weighted by Gasteiger charge is 2.17. The van der Waals surface area contributed by atoms with Crippen LogP contribution in [0.4, 0.5) is 0 Å². The van der Waals surface area contributed by atoms with Gasteiger partial charge in [-0.3, -0.25) is 4.79 Å². The first kappa shape index (κ1) is 20.8. The molecular weight excluding hydrogens is 364 g/mol. The molecule has 3 aromatic rings. The van der Waals surface area contributed by atoms with Gasteiger partial charge in [-0.15, -0.1) is 0 Å². The summed E-state index contributed by atoms with van der Waals surface area (Å²) < 4.78 is 5.95. The zero-order chi connectivity index (χ0) is 20.8. The number of carboxylic acids is 1. The van der Waals surface area contributed by atoms with Gasteiger partial charge in [-0.1, -0.05) is 69.4 Å². The Morgan fingerprint density at radius 2 is 1.66 bits per heavy atom. The van der Waals surface area contributed by atoms with Crippen LogP contribution in [0, 0.1) is 6.92 Å². The van der Waals surface area contributed by atoms with E-state index in [4.69, 9.17) is 4.42 Å². The number of hydrogen-bond donors (Lipinski definition) is 1. The summed E-state index contributed by atoms with van der Waals surface area (Å²) in [7, 11) is 0. The minimum Gasteiger partial charge on any atom is -0.478 e. The van der Waals surface area contributed by atoms with Crippen LogP contribution in [0.2, 0.25) is 0 Å². The molecule has 3 rings (SSSR count). The monoisotopic (exact) mass is 392 g/mol. The summed E-state index contributed by atoms with van der Waals surface area (Å²) in [6.07, 6.45) is 8.64. The van der Waals surface area contributed by atoms with Crippen LogP contribution in [0.1, 0.15) is 66.9 Å². The lowest BCUT2D eigenvalue weighted by atomic mass is 10.0. The molecule has 1 aromatic heterocycles. The van der Waals surface area contributed by atoms with Crippen LogP contribution < -0.4 is 5.43 Å². The molecular formula is C25H28O4. The van der Waals surface area contributed by atoms with Crippen LogP contribution in [0.5, 0.6) is 0 Å². The summed E-state index contributed by atoms with van der Waals surface area (Å²) in [4.78, 5) is 24.3. The summed E-state index contributed by atoms with van der Waals surface area (Å²) >= 11 is 0. The van der Waals surface area contributed by atoms with Crippen LogP contribution in [0.25, 0.3) is 22.3 Å². The second-order valence-corrected chi connectivity index (χ2v) is 7.59. The Hall–Kier alpha value is -2.88. The molecule has 0 atom stereocenters. The number of unbranched alkanes of at least 4 members (excludes halogenated alkanes) is 5. The van der Waals surface area contributed by atoms with Gasteiger partial charge in [0.1, 0.15) is 11.3 Å². The van der Waals surface area contributed by atoms with E-state index in [2.05, 4.69) is 19.1 Å². The van der Waals surface area contributed by atoms with Crippen molar-refractivity contribution in [2.24, 2.45) is 0 Å². The summed E-state index contributed by atoms with van der Waals surface area (Å²) in [5, 5.41) is 9.73. The van der Waals surface area contributed by atoms with Crippen molar-refractivity contribution in [3.05, 3.63) is 69.4 Å². The molecule has 152 valence electrons. The van der Waals surface area contributed by atoms with Gasteiger partial charge in [0.05, 0.1) is 5.39 Å². The molecule has 0 amide bonds. The summed E-state index contributed by atoms with van der Waals surface area (Å²) in [5.74, 6) is -0.676. The van der Waals surface area contributed by atoms with E-state index in [1.165, 1.54) is 50.2 Å². The molecule has 0 unspecified atom stereocenters. The lowest BCUT2D eigenvalue weighted by Gasteiger charge is -2.09. The number of aromatic carboxylic acids is 1. The average molecular weight is 392 g/mol. The minimum absolute atomic E-state index is 0.000503. The van der Waals surface area contributed by atoms with Gasteiger partial charge in [0.25, 0.3) is 0 Å². The smallest absolute Gasteiger partial charge is 0.339 e. The fraction of sp³-hybridized carbons (Fsp3) is 0.360. The van der Waals surface area contributed by atoms with E-state index in [0.717, 1.165) is 12.0 Å². The SMILES string of the molecule is CCCCCCCCc1ccc(-c2oc3c(C(=O)O)cccc3c(=O)c2C)cc1. The molecule has 29 heavy (non-hydrogen) atoms. The number of aryl methyl sites for hydroxylation is 1. The van der Waals surface area contributed by atoms with E-state index >= 15 is 0 Å². The van der Waals surface area contributed by atoms with Crippen molar-refractivity contribution in [2.45, 2.75) is 58.8 Å². The van der Waals surface area contributed by atoms with Crippen molar-refractivity contribution in [2.75, 3.05) is 0 Å². The molecule has 0 aliphatic rings. The van der Waals surface area contributed by atoms with Crippen LogP contribution in [-0.2, 0) is 6.42 Å². The predicted molar refractivity (Wildman–Crippen MR) is 117 cm³/mol. The van der Waals surface area contributed by atoms with Crippen molar-refractivity contribution < 1.29 is 14.3 Å². The van der Waals surface area contributed by atoms with Gasteiger partial charge in [-0.2, -0.15) is 0 Å². The zero-order valence-corrected chi connectivity index (χ0v) is 17.2. The molecule has 0 aliphatic heterocycles. The molecule has 0 bridgehead atoms. The normalized spacial score (nSPS) is 11.1. The Kier molecular flexibility index (Phi) is 6.86. The first-order chi connectivity index (χ1) is 14.0.